The molecule has 1 atom stereocenters. The molecule has 2 saturated carbocycles. The van der Waals surface area contributed by atoms with Gasteiger partial charge in [0.05, 0.1) is 11.2 Å². The number of pyridine rings is 1. The topological polar surface area (TPSA) is 42.0 Å². The minimum atomic E-state index is -0.250. The molecule has 1 amide bonds. The summed E-state index contributed by atoms with van der Waals surface area (Å²) in [5.41, 5.74) is 5.51. The largest absolute Gasteiger partial charge is 0.341 e. The van der Waals surface area contributed by atoms with Crippen LogP contribution in [0.1, 0.15) is 83.7 Å². The number of carbonyl (C=O) groups is 1. The molecule has 27 heavy (non-hydrogen) atoms. The quantitative estimate of drug-likeness (QED) is 0.831. The molecule has 3 aliphatic carbocycles. The fraction of sp³-hybridized carbons (Fsp3) is 0.500. The lowest BCUT2D eigenvalue weighted by atomic mass is 9.68. The highest BCUT2D eigenvalue weighted by atomic mass is 16.1. The van der Waals surface area contributed by atoms with Crippen LogP contribution in [0.5, 0.6) is 0 Å². The van der Waals surface area contributed by atoms with Gasteiger partial charge in [-0.15, -0.1) is 0 Å². The second-order valence-electron chi connectivity index (χ2n) is 8.82. The molecule has 0 aliphatic heterocycles. The van der Waals surface area contributed by atoms with Gasteiger partial charge in [0.2, 0.25) is 0 Å². The van der Waals surface area contributed by atoms with Crippen LogP contribution in [0.25, 0.3) is 0 Å². The highest BCUT2D eigenvalue weighted by molar-refractivity contribution is 5.95. The molecule has 1 N–H and O–H groups in total. The van der Waals surface area contributed by atoms with Gasteiger partial charge in [-0.3, -0.25) is 9.78 Å². The van der Waals surface area contributed by atoms with Crippen molar-refractivity contribution in [2.45, 2.75) is 69.7 Å². The van der Waals surface area contributed by atoms with Gasteiger partial charge in [-0.2, -0.15) is 0 Å². The summed E-state index contributed by atoms with van der Waals surface area (Å²) in [6, 6.07) is 12.3. The van der Waals surface area contributed by atoms with Crippen molar-refractivity contribution in [2.24, 2.45) is 5.92 Å². The number of carbonyl (C=O) groups excluding carboxylic acids is 1. The van der Waals surface area contributed by atoms with Gasteiger partial charge in [0.25, 0.3) is 5.91 Å². The van der Waals surface area contributed by atoms with Gasteiger partial charge in [-0.05, 0) is 87.5 Å². The van der Waals surface area contributed by atoms with E-state index in [1.807, 2.05) is 31.2 Å². The highest BCUT2D eigenvalue weighted by Gasteiger charge is 2.47. The summed E-state index contributed by atoms with van der Waals surface area (Å²) in [6.45, 7) is 2.04. The minimum absolute atomic E-state index is 0.0133. The van der Waals surface area contributed by atoms with E-state index in [1.165, 1.54) is 48.9 Å². The number of hydrogen-bond acceptors (Lipinski definition) is 2. The van der Waals surface area contributed by atoms with E-state index in [4.69, 9.17) is 4.98 Å². The normalized spacial score (nSPS) is 23.2. The van der Waals surface area contributed by atoms with Crippen molar-refractivity contribution < 1.29 is 4.79 Å². The summed E-state index contributed by atoms with van der Waals surface area (Å²) in [5, 5.41) is 3.28. The van der Waals surface area contributed by atoms with Crippen LogP contribution in [-0.4, -0.2) is 10.9 Å². The van der Waals surface area contributed by atoms with Crippen LogP contribution in [0, 0.1) is 12.8 Å². The van der Waals surface area contributed by atoms with Crippen LogP contribution in [0.3, 0.4) is 0 Å². The average Bonchev–Trinajstić information content (AvgIpc) is 3.41. The lowest BCUT2D eigenvalue weighted by Crippen LogP contribution is -2.36. The number of rotatable bonds is 4. The Labute approximate surface area is 161 Å². The van der Waals surface area contributed by atoms with Gasteiger partial charge in [0, 0.05) is 11.3 Å². The zero-order chi connectivity index (χ0) is 18.4. The number of benzene rings is 1. The summed E-state index contributed by atoms with van der Waals surface area (Å²) in [6.07, 6.45) is 9.83. The molecule has 3 nitrogen and oxygen atoms in total. The number of aryl methyl sites for hydroxylation is 2. The Hall–Kier alpha value is -2.16. The number of nitrogens with one attached hydrogen (secondary N) is 1. The first kappa shape index (κ1) is 17.0. The first-order valence-electron chi connectivity index (χ1n) is 10.5. The van der Waals surface area contributed by atoms with Crippen LogP contribution in [-0.2, 0) is 12.0 Å². The molecular weight excluding hydrogens is 332 g/mol. The van der Waals surface area contributed by atoms with E-state index in [0.29, 0.717) is 0 Å². The van der Waals surface area contributed by atoms with Crippen LogP contribution in [0.4, 0.5) is 0 Å². The maximum Gasteiger partial charge on any atom is 0.252 e. The molecule has 5 rings (SSSR count). The van der Waals surface area contributed by atoms with E-state index in [9.17, 15) is 4.79 Å². The first-order chi connectivity index (χ1) is 13.1. The predicted molar refractivity (Wildman–Crippen MR) is 107 cm³/mol. The fourth-order valence-electron chi connectivity index (χ4n) is 4.86. The third kappa shape index (κ3) is 3.07. The third-order valence-electron chi connectivity index (χ3n) is 6.96. The van der Waals surface area contributed by atoms with Gasteiger partial charge in [0.15, 0.2) is 0 Å². The number of amides is 1. The monoisotopic (exact) mass is 360 g/mol. The number of fused-ring (bicyclic) bond motifs is 1. The summed E-state index contributed by atoms with van der Waals surface area (Å²) < 4.78 is 0. The molecule has 2 fully saturated rings. The SMILES string of the molecule is Cc1ccc(C(=O)NC2(c3ccc4c(n3)CCCC4C3CCC3)CC2)cc1. The molecule has 140 valence electrons. The average molecular weight is 361 g/mol. The maximum absolute atomic E-state index is 12.7. The van der Waals surface area contributed by atoms with Crippen LogP contribution in [0.15, 0.2) is 36.4 Å². The van der Waals surface area contributed by atoms with Crippen molar-refractivity contribution >= 4 is 5.91 Å². The number of nitrogens with zero attached hydrogens (tertiary/aromatic N) is 1. The predicted octanol–water partition coefficient (Wildman–Crippen LogP) is 5.03. The molecule has 3 aliphatic rings. The standard InChI is InChI=1S/C24H28N2O/c1-16-8-10-18(11-9-16)23(27)26-24(14-15-24)22-13-12-20-19(17-4-2-5-17)6-3-7-21(20)25-22/h8-13,17,19H,2-7,14-15H2,1H3,(H,26,27). The second-order valence-corrected chi connectivity index (χ2v) is 8.82. The maximum atomic E-state index is 12.7. The molecule has 1 unspecified atom stereocenters. The van der Waals surface area contributed by atoms with Gasteiger partial charge >= 0.3 is 0 Å². The Morgan fingerprint density at radius 2 is 1.81 bits per heavy atom. The molecule has 3 heteroatoms. The van der Waals surface area contributed by atoms with Crippen molar-refractivity contribution in [3.63, 3.8) is 0 Å². The minimum Gasteiger partial charge on any atom is -0.341 e. The summed E-state index contributed by atoms with van der Waals surface area (Å²) in [5.74, 6) is 1.62. The molecule has 1 aromatic carbocycles. The molecule has 0 bridgehead atoms. The summed E-state index contributed by atoms with van der Waals surface area (Å²) in [4.78, 5) is 17.8. The molecule has 0 saturated heterocycles. The molecular formula is C24H28N2O. The first-order valence-corrected chi connectivity index (χ1v) is 10.5. The lowest BCUT2D eigenvalue weighted by Gasteiger charge is -2.37. The Kier molecular flexibility index (Phi) is 4.07. The van der Waals surface area contributed by atoms with E-state index in [2.05, 4.69) is 17.4 Å². The molecule has 1 heterocycles. The Balaban J connectivity index is 1.38. The zero-order valence-electron chi connectivity index (χ0n) is 16.1. The number of hydrogen-bond donors (Lipinski definition) is 1. The van der Waals surface area contributed by atoms with Gasteiger partial charge in [-0.25, -0.2) is 0 Å². The fourth-order valence-corrected chi connectivity index (χ4v) is 4.86. The Morgan fingerprint density at radius 3 is 2.48 bits per heavy atom. The van der Waals surface area contributed by atoms with Crippen molar-refractivity contribution in [3.8, 4) is 0 Å². The van der Waals surface area contributed by atoms with Crippen LogP contribution >= 0.6 is 0 Å². The molecule has 1 aromatic heterocycles. The summed E-state index contributed by atoms with van der Waals surface area (Å²) >= 11 is 0. The molecule has 0 radical (unpaired) electrons. The smallest absolute Gasteiger partial charge is 0.252 e. The van der Waals surface area contributed by atoms with E-state index >= 15 is 0 Å². The Morgan fingerprint density at radius 1 is 1.04 bits per heavy atom. The Bertz CT molecular complexity index is 862. The van der Waals surface area contributed by atoms with Crippen LogP contribution < -0.4 is 5.32 Å². The van der Waals surface area contributed by atoms with E-state index in [1.54, 1.807) is 0 Å². The zero-order valence-corrected chi connectivity index (χ0v) is 16.1. The van der Waals surface area contributed by atoms with Crippen molar-refractivity contribution in [1.82, 2.24) is 10.3 Å². The molecule has 0 spiro atoms. The van der Waals surface area contributed by atoms with Crippen molar-refractivity contribution in [2.75, 3.05) is 0 Å². The van der Waals surface area contributed by atoms with Gasteiger partial charge in [0.1, 0.15) is 0 Å². The van der Waals surface area contributed by atoms with E-state index < -0.39 is 0 Å². The third-order valence-corrected chi connectivity index (χ3v) is 6.96. The molecule has 2 aromatic rings. The summed E-state index contributed by atoms with van der Waals surface area (Å²) in [7, 11) is 0. The van der Waals surface area contributed by atoms with Crippen molar-refractivity contribution in [1.29, 1.82) is 0 Å². The van der Waals surface area contributed by atoms with Gasteiger partial charge < -0.3 is 5.32 Å². The highest BCUT2D eigenvalue weighted by Crippen LogP contribution is 2.48. The van der Waals surface area contributed by atoms with Crippen LogP contribution in [0.2, 0.25) is 0 Å². The van der Waals surface area contributed by atoms with Crippen molar-refractivity contribution in [3.05, 3.63) is 64.5 Å². The van der Waals surface area contributed by atoms with Gasteiger partial charge in [-0.1, -0.05) is 30.2 Å². The van der Waals surface area contributed by atoms with E-state index in [-0.39, 0.29) is 11.4 Å². The number of aromatic nitrogens is 1. The van der Waals surface area contributed by atoms with E-state index in [0.717, 1.165) is 42.4 Å². The second kappa shape index (κ2) is 6.47. The lowest BCUT2D eigenvalue weighted by molar-refractivity contribution is 0.0929.